The van der Waals surface area contributed by atoms with Crippen LogP contribution >= 0.6 is 0 Å². The molecule has 0 saturated carbocycles. The van der Waals surface area contributed by atoms with Crippen LogP contribution in [-0.2, 0) is 4.79 Å². The van der Waals surface area contributed by atoms with Crippen molar-refractivity contribution in [1.82, 2.24) is 20.4 Å². The van der Waals surface area contributed by atoms with Crippen LogP contribution in [0.3, 0.4) is 0 Å². The molecule has 0 aromatic heterocycles. The lowest BCUT2D eigenvalue weighted by Crippen LogP contribution is -2.42. The maximum Gasteiger partial charge on any atom is 0.222 e. The number of likely N-dealkylation sites (tertiary alicyclic amines) is 2. The Morgan fingerprint density at radius 1 is 1.23 bits per heavy atom. The number of aliphatic imine (C=N–C) groups is 1. The lowest BCUT2D eigenvalue weighted by molar-refractivity contribution is -0.129. The Hall–Kier alpha value is -1.30. The minimum atomic E-state index is 0.325. The van der Waals surface area contributed by atoms with Gasteiger partial charge < -0.3 is 20.4 Å². The van der Waals surface area contributed by atoms with Crippen molar-refractivity contribution in [3.8, 4) is 0 Å². The number of rotatable bonds is 9. The van der Waals surface area contributed by atoms with Gasteiger partial charge in [0.25, 0.3) is 0 Å². The summed E-state index contributed by atoms with van der Waals surface area (Å²) in [4.78, 5) is 20.9. The fraction of sp³-hybridized carbons (Fsp3) is 0.900. The predicted octanol–water partition coefficient (Wildman–Crippen LogP) is 2.06. The Kier molecular flexibility index (Phi) is 9.23. The topological polar surface area (TPSA) is 60.0 Å². The number of nitrogens with zero attached hydrogens (tertiary/aromatic N) is 3. The molecule has 0 bridgehead atoms. The molecule has 1 unspecified atom stereocenters. The van der Waals surface area contributed by atoms with Crippen LogP contribution in [0.1, 0.15) is 58.8 Å². The zero-order valence-corrected chi connectivity index (χ0v) is 17.1. The normalized spacial score (nSPS) is 21.3. The third kappa shape index (κ3) is 6.78. The molecule has 2 aliphatic heterocycles. The summed E-state index contributed by atoms with van der Waals surface area (Å²) in [6.45, 7) is 10.9. The van der Waals surface area contributed by atoms with Crippen LogP contribution in [0.4, 0.5) is 0 Å². The number of amides is 1. The average molecular weight is 366 g/mol. The third-order valence-corrected chi connectivity index (χ3v) is 5.84. The van der Waals surface area contributed by atoms with Crippen molar-refractivity contribution < 1.29 is 4.79 Å². The Morgan fingerprint density at radius 3 is 2.58 bits per heavy atom. The molecule has 6 heteroatoms. The second-order valence-corrected chi connectivity index (χ2v) is 7.84. The van der Waals surface area contributed by atoms with Gasteiger partial charge in [-0.05, 0) is 64.1 Å². The van der Waals surface area contributed by atoms with Crippen molar-refractivity contribution in [2.75, 3.05) is 46.3 Å². The zero-order valence-electron chi connectivity index (χ0n) is 17.1. The Morgan fingerprint density at radius 2 is 1.96 bits per heavy atom. The highest BCUT2D eigenvalue weighted by Crippen LogP contribution is 2.17. The number of carbonyl (C=O) groups is 1. The molecule has 2 aliphatic rings. The smallest absolute Gasteiger partial charge is 0.222 e. The van der Waals surface area contributed by atoms with Gasteiger partial charge >= 0.3 is 0 Å². The highest BCUT2D eigenvalue weighted by molar-refractivity contribution is 5.79. The molecule has 26 heavy (non-hydrogen) atoms. The molecule has 0 aromatic carbocycles. The van der Waals surface area contributed by atoms with E-state index in [2.05, 4.69) is 39.3 Å². The quantitative estimate of drug-likeness (QED) is 0.373. The Bertz CT molecular complexity index is 445. The van der Waals surface area contributed by atoms with Gasteiger partial charge in [0.1, 0.15) is 0 Å². The van der Waals surface area contributed by atoms with Crippen LogP contribution in [0.25, 0.3) is 0 Å². The summed E-state index contributed by atoms with van der Waals surface area (Å²) in [7, 11) is 1.82. The first-order chi connectivity index (χ1) is 12.6. The van der Waals surface area contributed by atoms with Crippen LogP contribution < -0.4 is 10.6 Å². The van der Waals surface area contributed by atoms with Crippen LogP contribution in [0.5, 0.6) is 0 Å². The summed E-state index contributed by atoms with van der Waals surface area (Å²) in [5.74, 6) is 2.10. The lowest BCUT2D eigenvalue weighted by atomic mass is 9.99. The number of guanidine groups is 1. The largest absolute Gasteiger partial charge is 0.356 e. The molecule has 2 heterocycles. The first-order valence-electron chi connectivity index (χ1n) is 10.6. The van der Waals surface area contributed by atoms with Crippen LogP contribution in [0, 0.1) is 5.92 Å². The van der Waals surface area contributed by atoms with Gasteiger partial charge in [-0.3, -0.25) is 9.79 Å². The van der Waals surface area contributed by atoms with E-state index in [1.807, 2.05) is 7.05 Å². The molecule has 2 rings (SSSR count). The molecule has 150 valence electrons. The average Bonchev–Trinajstić information content (AvgIpc) is 3.08. The molecule has 0 spiro atoms. The molecule has 1 amide bonds. The first-order valence-corrected chi connectivity index (χ1v) is 10.6. The lowest BCUT2D eigenvalue weighted by Gasteiger charge is -2.30. The van der Waals surface area contributed by atoms with E-state index in [9.17, 15) is 4.79 Å². The minimum Gasteiger partial charge on any atom is -0.356 e. The number of hydrogen-bond acceptors (Lipinski definition) is 3. The van der Waals surface area contributed by atoms with Crippen LogP contribution in [0.2, 0.25) is 0 Å². The standard InChI is InChI=1S/C20H39N5O/c1-4-18(25-14-5-7-19(25)26)8-12-23-20(21-3)22-11-6-13-24-15-9-17(2)10-16-24/h17-18H,4-16H2,1-3H3,(H2,21,22,23). The molecule has 2 N–H and O–H groups in total. The SMILES string of the molecule is CCC(CCNC(=NC)NCCCN1CCC(C)CC1)N1CCCC1=O. The van der Waals surface area contributed by atoms with Gasteiger partial charge in [-0.1, -0.05) is 13.8 Å². The molecule has 6 nitrogen and oxygen atoms in total. The summed E-state index contributed by atoms with van der Waals surface area (Å²) in [6, 6.07) is 0.358. The number of piperidine rings is 1. The summed E-state index contributed by atoms with van der Waals surface area (Å²) >= 11 is 0. The number of hydrogen-bond donors (Lipinski definition) is 2. The van der Waals surface area contributed by atoms with E-state index in [1.165, 1.54) is 32.5 Å². The fourth-order valence-electron chi connectivity index (χ4n) is 4.01. The molecule has 0 aromatic rings. The van der Waals surface area contributed by atoms with Crippen LogP contribution in [-0.4, -0.2) is 74.0 Å². The van der Waals surface area contributed by atoms with E-state index >= 15 is 0 Å². The third-order valence-electron chi connectivity index (χ3n) is 5.84. The summed E-state index contributed by atoms with van der Waals surface area (Å²) in [6.07, 6.45) is 7.58. The second-order valence-electron chi connectivity index (χ2n) is 7.84. The van der Waals surface area contributed by atoms with Crippen molar-refractivity contribution in [3.05, 3.63) is 0 Å². The van der Waals surface area contributed by atoms with E-state index in [0.29, 0.717) is 11.9 Å². The molecular weight excluding hydrogens is 326 g/mol. The summed E-state index contributed by atoms with van der Waals surface area (Å²) in [5.41, 5.74) is 0. The molecule has 2 saturated heterocycles. The van der Waals surface area contributed by atoms with Crippen molar-refractivity contribution in [2.45, 2.75) is 64.8 Å². The molecule has 0 aliphatic carbocycles. The molecule has 0 radical (unpaired) electrons. The van der Waals surface area contributed by atoms with Crippen molar-refractivity contribution in [3.63, 3.8) is 0 Å². The van der Waals surface area contributed by atoms with E-state index in [-0.39, 0.29) is 0 Å². The van der Waals surface area contributed by atoms with Gasteiger partial charge in [-0.25, -0.2) is 0 Å². The van der Waals surface area contributed by atoms with Gasteiger partial charge in [-0.2, -0.15) is 0 Å². The highest BCUT2D eigenvalue weighted by atomic mass is 16.2. The Labute approximate surface area is 159 Å². The van der Waals surface area contributed by atoms with Gasteiger partial charge in [0.2, 0.25) is 5.91 Å². The van der Waals surface area contributed by atoms with E-state index in [0.717, 1.165) is 63.6 Å². The summed E-state index contributed by atoms with van der Waals surface area (Å²) in [5, 5.41) is 6.82. The number of nitrogens with one attached hydrogen (secondary N) is 2. The van der Waals surface area contributed by atoms with Gasteiger partial charge in [0, 0.05) is 39.1 Å². The van der Waals surface area contributed by atoms with Gasteiger partial charge in [0.15, 0.2) is 5.96 Å². The Balaban J connectivity index is 1.57. The second kappa shape index (κ2) is 11.4. The summed E-state index contributed by atoms with van der Waals surface area (Å²) < 4.78 is 0. The minimum absolute atomic E-state index is 0.325. The zero-order chi connectivity index (χ0) is 18.8. The van der Waals surface area contributed by atoms with E-state index in [4.69, 9.17) is 0 Å². The molecule has 2 fully saturated rings. The van der Waals surface area contributed by atoms with Crippen molar-refractivity contribution in [2.24, 2.45) is 10.9 Å². The first kappa shape index (κ1) is 21.0. The monoisotopic (exact) mass is 365 g/mol. The highest BCUT2D eigenvalue weighted by Gasteiger charge is 2.26. The number of carbonyl (C=O) groups excluding carboxylic acids is 1. The maximum atomic E-state index is 11.9. The predicted molar refractivity (Wildman–Crippen MR) is 108 cm³/mol. The van der Waals surface area contributed by atoms with Crippen molar-refractivity contribution >= 4 is 11.9 Å². The van der Waals surface area contributed by atoms with Crippen molar-refractivity contribution in [1.29, 1.82) is 0 Å². The van der Waals surface area contributed by atoms with Crippen LogP contribution in [0.15, 0.2) is 4.99 Å². The fourth-order valence-corrected chi connectivity index (χ4v) is 4.01. The maximum absolute atomic E-state index is 11.9. The van der Waals surface area contributed by atoms with Gasteiger partial charge in [-0.15, -0.1) is 0 Å². The molecule has 1 atom stereocenters. The molecular formula is C20H39N5O. The van der Waals surface area contributed by atoms with E-state index < -0.39 is 0 Å². The van der Waals surface area contributed by atoms with Gasteiger partial charge in [0.05, 0.1) is 0 Å². The van der Waals surface area contributed by atoms with E-state index in [1.54, 1.807) is 0 Å².